The molecule has 1 aliphatic heterocycles. The van der Waals surface area contributed by atoms with E-state index in [1.807, 2.05) is 26.0 Å². The molecule has 4 N–H and O–H groups in total. The van der Waals surface area contributed by atoms with E-state index in [0.717, 1.165) is 41.9 Å². The predicted molar refractivity (Wildman–Crippen MR) is 120 cm³/mol. The first-order valence-electron chi connectivity index (χ1n) is 10.8. The van der Waals surface area contributed by atoms with Gasteiger partial charge >= 0.3 is 5.69 Å². The molecular weight excluding hydrogens is 382 g/mol. The molecule has 1 saturated carbocycles. The molecule has 164 valence electrons. The molecule has 8 nitrogen and oxygen atoms in total. The van der Waals surface area contributed by atoms with Crippen LogP contribution in [0, 0.1) is 18.3 Å². The molecule has 1 aromatic heterocycles. The van der Waals surface area contributed by atoms with Crippen LogP contribution in [-0.2, 0) is 4.74 Å². The molecule has 1 aromatic carbocycles. The Morgan fingerprint density at radius 2 is 1.97 bits per heavy atom. The Morgan fingerprint density at radius 1 is 1.27 bits per heavy atom. The molecule has 2 atom stereocenters. The minimum absolute atomic E-state index is 0.0226. The fraction of sp³-hybridized carbons (Fsp3) is 0.636. The number of nitrogens with two attached hydrogens (primary N) is 2. The molecule has 2 aromatic rings. The summed E-state index contributed by atoms with van der Waals surface area (Å²) in [5.41, 5.74) is 8.33. The fourth-order valence-electron chi connectivity index (χ4n) is 5.04. The van der Waals surface area contributed by atoms with E-state index in [1.54, 1.807) is 4.57 Å². The Balaban J connectivity index is 1.78. The molecule has 1 aliphatic carbocycles. The Morgan fingerprint density at radius 3 is 2.60 bits per heavy atom. The zero-order valence-corrected chi connectivity index (χ0v) is 18.4. The number of rotatable bonds is 6. The van der Waals surface area contributed by atoms with Gasteiger partial charge < -0.3 is 21.2 Å². The third kappa shape index (κ3) is 3.32. The van der Waals surface area contributed by atoms with Crippen molar-refractivity contribution in [3.8, 4) is 0 Å². The van der Waals surface area contributed by atoms with Crippen LogP contribution in [0.4, 0.5) is 5.69 Å². The zero-order chi connectivity index (χ0) is 21.8. The average molecular weight is 416 g/mol. The van der Waals surface area contributed by atoms with Crippen molar-refractivity contribution in [2.75, 3.05) is 37.0 Å². The van der Waals surface area contributed by atoms with E-state index in [9.17, 15) is 9.59 Å². The van der Waals surface area contributed by atoms with Crippen molar-refractivity contribution in [2.24, 2.45) is 17.1 Å². The van der Waals surface area contributed by atoms with Gasteiger partial charge in [-0.05, 0) is 49.8 Å². The molecule has 0 amide bonds. The summed E-state index contributed by atoms with van der Waals surface area (Å²) in [6, 6.07) is 3.86. The van der Waals surface area contributed by atoms with Gasteiger partial charge in [-0.2, -0.15) is 4.68 Å². The van der Waals surface area contributed by atoms with Gasteiger partial charge in [0.05, 0.1) is 17.5 Å². The number of benzene rings is 1. The summed E-state index contributed by atoms with van der Waals surface area (Å²) in [4.78, 5) is 27.8. The van der Waals surface area contributed by atoms with E-state index in [0.29, 0.717) is 24.1 Å². The summed E-state index contributed by atoms with van der Waals surface area (Å²) in [5, 5.41) is 0.494. The molecule has 0 radical (unpaired) electrons. The minimum Gasteiger partial charge on any atom is -0.380 e. The second kappa shape index (κ2) is 7.42. The number of aryl methyl sites for hydroxylation is 1. The summed E-state index contributed by atoms with van der Waals surface area (Å²) in [7, 11) is 0. The molecule has 1 saturated heterocycles. The van der Waals surface area contributed by atoms with Gasteiger partial charge in [-0.3, -0.25) is 9.36 Å². The summed E-state index contributed by atoms with van der Waals surface area (Å²) < 4.78 is 8.03. The Hall–Kier alpha value is -2.32. The first-order chi connectivity index (χ1) is 14.2. The van der Waals surface area contributed by atoms with Crippen LogP contribution in [0.25, 0.3) is 10.9 Å². The molecular formula is C22H33N5O3. The molecule has 2 heterocycles. The first-order valence-corrected chi connectivity index (χ1v) is 10.8. The maximum atomic E-state index is 12.8. The van der Waals surface area contributed by atoms with Crippen LogP contribution >= 0.6 is 0 Å². The lowest BCUT2D eigenvalue weighted by molar-refractivity contribution is 0.0982. The van der Waals surface area contributed by atoms with Gasteiger partial charge in [0, 0.05) is 43.4 Å². The van der Waals surface area contributed by atoms with Crippen LogP contribution < -0.4 is 27.7 Å². The molecule has 1 unspecified atom stereocenters. The first kappa shape index (κ1) is 20.9. The number of hydrogen-bond acceptors (Lipinski definition) is 6. The lowest BCUT2D eigenvalue weighted by Gasteiger charge is -2.30. The number of nitrogen functional groups attached to an aromatic ring is 1. The normalized spacial score (nSPS) is 22.0. The smallest absolute Gasteiger partial charge is 0.350 e. The van der Waals surface area contributed by atoms with Gasteiger partial charge in [-0.1, -0.05) is 13.8 Å². The van der Waals surface area contributed by atoms with Crippen molar-refractivity contribution in [2.45, 2.75) is 52.6 Å². The van der Waals surface area contributed by atoms with Gasteiger partial charge in [-0.25, -0.2) is 4.79 Å². The molecule has 2 aliphatic rings. The van der Waals surface area contributed by atoms with Crippen LogP contribution in [0.5, 0.6) is 0 Å². The van der Waals surface area contributed by atoms with E-state index in [1.165, 1.54) is 0 Å². The maximum Gasteiger partial charge on any atom is 0.350 e. The van der Waals surface area contributed by atoms with Gasteiger partial charge in [0.1, 0.15) is 0 Å². The highest BCUT2D eigenvalue weighted by atomic mass is 16.5. The molecule has 4 rings (SSSR count). The third-order valence-corrected chi connectivity index (χ3v) is 6.81. The highest BCUT2D eigenvalue weighted by Crippen LogP contribution is 2.42. The van der Waals surface area contributed by atoms with E-state index >= 15 is 0 Å². The summed E-state index contributed by atoms with van der Waals surface area (Å²) in [6.07, 6.45) is 1.87. The van der Waals surface area contributed by atoms with E-state index in [2.05, 4.69) is 18.7 Å². The van der Waals surface area contributed by atoms with Crippen molar-refractivity contribution in [3.05, 3.63) is 38.5 Å². The number of anilines is 1. The van der Waals surface area contributed by atoms with Gasteiger partial charge in [0.25, 0.3) is 5.56 Å². The van der Waals surface area contributed by atoms with Crippen molar-refractivity contribution < 1.29 is 4.74 Å². The predicted octanol–water partition coefficient (Wildman–Crippen LogP) is 1.35. The van der Waals surface area contributed by atoms with Gasteiger partial charge in [-0.15, -0.1) is 0 Å². The SMILES string of the molecule is CCOC[C@H](N)C1CN(c2ccc3c(=O)n(N)c(=O)n(C4CC4)c3c2C)CC1(C)C. The third-order valence-electron chi connectivity index (χ3n) is 6.81. The van der Waals surface area contributed by atoms with E-state index < -0.39 is 11.2 Å². The van der Waals surface area contributed by atoms with Crippen LogP contribution in [0.15, 0.2) is 21.7 Å². The Labute approximate surface area is 176 Å². The lowest BCUT2D eigenvalue weighted by atomic mass is 9.78. The van der Waals surface area contributed by atoms with Crippen LogP contribution in [-0.4, -0.2) is 41.6 Å². The Bertz CT molecular complexity index is 1080. The van der Waals surface area contributed by atoms with E-state index in [-0.39, 0.29) is 23.4 Å². The second-order valence-electron chi connectivity index (χ2n) is 9.46. The number of nitrogens with zero attached hydrogens (tertiary/aromatic N) is 3. The molecule has 0 bridgehead atoms. The number of aromatic nitrogens is 2. The van der Waals surface area contributed by atoms with Crippen molar-refractivity contribution in [1.82, 2.24) is 9.24 Å². The topological polar surface area (TPSA) is 109 Å². The Kier molecular flexibility index (Phi) is 5.18. The molecule has 30 heavy (non-hydrogen) atoms. The summed E-state index contributed by atoms with van der Waals surface area (Å²) in [5.74, 6) is 6.07. The number of fused-ring (bicyclic) bond motifs is 1. The zero-order valence-electron chi connectivity index (χ0n) is 18.4. The lowest BCUT2D eigenvalue weighted by Crippen LogP contribution is -2.44. The van der Waals surface area contributed by atoms with Gasteiger partial charge in [0.2, 0.25) is 0 Å². The largest absolute Gasteiger partial charge is 0.380 e. The fourth-order valence-corrected chi connectivity index (χ4v) is 5.04. The van der Waals surface area contributed by atoms with Crippen LogP contribution in [0.1, 0.15) is 45.2 Å². The van der Waals surface area contributed by atoms with Crippen molar-refractivity contribution in [3.63, 3.8) is 0 Å². The van der Waals surface area contributed by atoms with Gasteiger partial charge in [0.15, 0.2) is 0 Å². The highest BCUT2D eigenvalue weighted by Gasteiger charge is 2.43. The summed E-state index contributed by atoms with van der Waals surface area (Å²) in [6.45, 7) is 11.3. The van der Waals surface area contributed by atoms with Crippen molar-refractivity contribution >= 4 is 16.6 Å². The average Bonchev–Trinajstić information content (AvgIpc) is 3.48. The quantitative estimate of drug-likeness (QED) is 0.690. The monoisotopic (exact) mass is 415 g/mol. The number of ether oxygens (including phenoxy) is 1. The van der Waals surface area contributed by atoms with Crippen LogP contribution in [0.3, 0.4) is 0 Å². The molecule has 0 spiro atoms. The minimum atomic E-state index is -0.445. The molecule has 8 heteroatoms. The maximum absolute atomic E-state index is 12.8. The second-order valence-corrected chi connectivity index (χ2v) is 9.46. The number of hydrogen-bond donors (Lipinski definition) is 2. The van der Waals surface area contributed by atoms with Crippen molar-refractivity contribution in [1.29, 1.82) is 0 Å². The van der Waals surface area contributed by atoms with Crippen LogP contribution in [0.2, 0.25) is 0 Å². The standard InChI is InChI=1S/C22H33N5O3/c1-5-30-11-17(23)16-10-25(12-22(16,3)4)18-9-8-15-19(13(18)2)26(14-6-7-14)21(29)27(24)20(15)28/h8-9,14,16-17H,5-7,10-12,23-24H2,1-4H3/t16?,17-/m0/s1. The molecule has 2 fully saturated rings. The van der Waals surface area contributed by atoms with E-state index in [4.69, 9.17) is 16.3 Å². The highest BCUT2D eigenvalue weighted by molar-refractivity contribution is 5.87. The summed E-state index contributed by atoms with van der Waals surface area (Å²) >= 11 is 0.